The van der Waals surface area contributed by atoms with Gasteiger partial charge in [0.1, 0.15) is 0 Å². The van der Waals surface area contributed by atoms with Gasteiger partial charge in [0.25, 0.3) is 0 Å². The van der Waals surface area contributed by atoms with Crippen LogP contribution in [0.25, 0.3) is 0 Å². The highest BCUT2D eigenvalue weighted by Crippen LogP contribution is 2.21. The third kappa shape index (κ3) is 2.71. The second-order valence-electron chi connectivity index (χ2n) is 3.05. The van der Waals surface area contributed by atoms with Crippen molar-refractivity contribution in [1.29, 1.82) is 0 Å². The Labute approximate surface area is 83.0 Å². The van der Waals surface area contributed by atoms with Gasteiger partial charge in [0.2, 0.25) is 0 Å². The fourth-order valence-electron chi connectivity index (χ4n) is 1.25. The Kier molecular flexibility index (Phi) is 3.01. The summed E-state index contributed by atoms with van der Waals surface area (Å²) in [5.74, 6) is -3.29. The molecule has 7 heteroatoms. The van der Waals surface area contributed by atoms with Crippen LogP contribution in [0.5, 0.6) is 0 Å². The number of alkyl halides is 3. The number of halogens is 3. The lowest BCUT2D eigenvalue weighted by Crippen LogP contribution is -2.44. The molecular formula is C8H8F3NO3. The molecule has 1 amide bonds. The molecule has 1 aliphatic heterocycles. The molecule has 0 aliphatic carbocycles. The number of carbonyl (C=O) groups is 2. The molecular weight excluding hydrogens is 215 g/mol. The maximum absolute atomic E-state index is 12.0. The molecule has 4 nitrogen and oxygen atoms in total. The first-order chi connectivity index (χ1) is 6.82. The summed E-state index contributed by atoms with van der Waals surface area (Å²) in [4.78, 5) is 21.7. The van der Waals surface area contributed by atoms with Crippen LogP contribution < -0.4 is 0 Å². The molecule has 1 aliphatic rings. The van der Waals surface area contributed by atoms with E-state index >= 15 is 0 Å². The fourth-order valence-corrected chi connectivity index (χ4v) is 1.25. The van der Waals surface area contributed by atoms with Crippen LogP contribution in [-0.4, -0.2) is 41.1 Å². The third-order valence-electron chi connectivity index (χ3n) is 1.96. The Morgan fingerprint density at radius 2 is 2.00 bits per heavy atom. The van der Waals surface area contributed by atoms with Crippen molar-refractivity contribution in [3.63, 3.8) is 0 Å². The fraction of sp³-hybridized carbons (Fsp3) is 0.500. The molecule has 0 saturated heterocycles. The second kappa shape index (κ2) is 3.92. The van der Waals surface area contributed by atoms with E-state index in [1.807, 2.05) is 0 Å². The van der Waals surface area contributed by atoms with Gasteiger partial charge in [-0.05, 0) is 6.42 Å². The van der Waals surface area contributed by atoms with Gasteiger partial charge in [0.05, 0.1) is 12.1 Å². The van der Waals surface area contributed by atoms with Crippen LogP contribution >= 0.6 is 0 Å². The molecule has 1 N–H and O–H groups in total. The van der Waals surface area contributed by atoms with E-state index in [9.17, 15) is 22.8 Å². The Hall–Kier alpha value is -1.53. The highest BCUT2D eigenvalue weighted by Gasteiger charge is 2.43. The molecule has 0 atom stereocenters. The van der Waals surface area contributed by atoms with Crippen LogP contribution in [0, 0.1) is 0 Å². The lowest BCUT2D eigenvalue weighted by atomic mass is 10.1. The molecule has 0 aromatic heterocycles. The minimum atomic E-state index is -4.94. The van der Waals surface area contributed by atoms with Crippen molar-refractivity contribution in [2.45, 2.75) is 12.6 Å². The zero-order valence-corrected chi connectivity index (χ0v) is 7.54. The molecule has 0 aromatic rings. The number of hydrogen-bond acceptors (Lipinski definition) is 2. The predicted octanol–water partition coefficient (Wildman–Crippen LogP) is 0.792. The van der Waals surface area contributed by atoms with Gasteiger partial charge in [-0.3, -0.25) is 4.79 Å². The van der Waals surface area contributed by atoms with Gasteiger partial charge in [-0.25, -0.2) is 4.79 Å². The van der Waals surface area contributed by atoms with Crippen molar-refractivity contribution in [2.24, 2.45) is 0 Å². The normalized spacial score (nSPS) is 17.3. The van der Waals surface area contributed by atoms with Crippen LogP contribution in [0.4, 0.5) is 13.2 Å². The number of nitrogens with zero attached hydrogens (tertiary/aromatic N) is 1. The van der Waals surface area contributed by atoms with E-state index in [0.717, 1.165) is 0 Å². The number of amides is 1. The predicted molar refractivity (Wildman–Crippen MR) is 43.0 cm³/mol. The van der Waals surface area contributed by atoms with Gasteiger partial charge in [-0.15, -0.1) is 0 Å². The third-order valence-corrected chi connectivity index (χ3v) is 1.96. The summed E-state index contributed by atoms with van der Waals surface area (Å²) in [5, 5.41) is 8.55. The second-order valence-corrected chi connectivity index (χ2v) is 3.05. The molecule has 0 radical (unpaired) electrons. The number of carboxylic acid groups (broad SMARTS) is 1. The van der Waals surface area contributed by atoms with E-state index in [0.29, 0.717) is 4.90 Å². The lowest BCUT2D eigenvalue weighted by molar-refractivity contribution is -0.185. The van der Waals surface area contributed by atoms with Crippen molar-refractivity contribution in [3.05, 3.63) is 11.6 Å². The summed E-state index contributed by atoms with van der Waals surface area (Å²) in [6, 6.07) is 0. The summed E-state index contributed by atoms with van der Waals surface area (Å²) in [6.45, 7) is -0.594. The highest BCUT2D eigenvalue weighted by atomic mass is 19.4. The first-order valence-electron chi connectivity index (χ1n) is 4.11. The zero-order valence-electron chi connectivity index (χ0n) is 7.54. The van der Waals surface area contributed by atoms with E-state index in [1.54, 1.807) is 0 Å². The Morgan fingerprint density at radius 1 is 1.40 bits per heavy atom. The minimum Gasteiger partial charge on any atom is -0.478 e. The Bertz CT molecular complexity index is 322. The van der Waals surface area contributed by atoms with Gasteiger partial charge >= 0.3 is 18.1 Å². The van der Waals surface area contributed by atoms with Gasteiger partial charge in [0.15, 0.2) is 0 Å². The van der Waals surface area contributed by atoms with E-state index in [2.05, 4.69) is 0 Å². The zero-order chi connectivity index (χ0) is 11.6. The van der Waals surface area contributed by atoms with E-state index in [-0.39, 0.29) is 18.5 Å². The van der Waals surface area contributed by atoms with Gasteiger partial charge in [-0.1, -0.05) is 6.08 Å². The maximum atomic E-state index is 12.0. The summed E-state index contributed by atoms with van der Waals surface area (Å²) in [6.07, 6.45) is -3.49. The number of hydrogen-bond donors (Lipinski definition) is 1. The molecule has 0 fully saturated rings. The quantitative estimate of drug-likeness (QED) is 0.715. The molecule has 0 unspecified atom stereocenters. The van der Waals surface area contributed by atoms with Gasteiger partial charge in [-0.2, -0.15) is 13.2 Å². The van der Waals surface area contributed by atoms with Crippen LogP contribution in [0.1, 0.15) is 6.42 Å². The SMILES string of the molecule is O=C(O)C1=CCCN(C(=O)C(F)(F)F)C1. The standard InChI is InChI=1S/C8H8F3NO3/c9-8(10,11)7(15)12-3-1-2-5(4-12)6(13)14/h2H,1,3-4H2,(H,13,14). The monoisotopic (exact) mass is 223 g/mol. The van der Waals surface area contributed by atoms with Crippen molar-refractivity contribution >= 4 is 11.9 Å². The molecule has 1 rings (SSSR count). The maximum Gasteiger partial charge on any atom is 0.471 e. The number of aliphatic carboxylic acids is 1. The van der Waals surface area contributed by atoms with Crippen LogP contribution in [0.15, 0.2) is 11.6 Å². The van der Waals surface area contributed by atoms with Crippen molar-refractivity contribution in [3.8, 4) is 0 Å². The van der Waals surface area contributed by atoms with Crippen LogP contribution in [0.2, 0.25) is 0 Å². The molecule has 0 spiro atoms. The van der Waals surface area contributed by atoms with Crippen molar-refractivity contribution in [2.75, 3.05) is 13.1 Å². The minimum absolute atomic E-state index is 0.102. The van der Waals surface area contributed by atoms with Crippen molar-refractivity contribution in [1.82, 2.24) is 4.90 Å². The first-order valence-corrected chi connectivity index (χ1v) is 4.11. The molecule has 84 valence electrons. The smallest absolute Gasteiger partial charge is 0.471 e. The summed E-state index contributed by atoms with van der Waals surface area (Å²) in [5.41, 5.74) is -0.182. The van der Waals surface area contributed by atoms with Crippen LogP contribution in [0.3, 0.4) is 0 Å². The molecule has 0 bridgehead atoms. The van der Waals surface area contributed by atoms with Crippen LogP contribution in [-0.2, 0) is 9.59 Å². The average Bonchev–Trinajstić information content (AvgIpc) is 2.15. The van der Waals surface area contributed by atoms with E-state index < -0.39 is 24.6 Å². The van der Waals surface area contributed by atoms with Gasteiger partial charge in [0, 0.05) is 6.54 Å². The molecule has 0 aromatic carbocycles. The Balaban J connectivity index is 2.73. The highest BCUT2D eigenvalue weighted by molar-refractivity contribution is 5.89. The van der Waals surface area contributed by atoms with Gasteiger partial charge < -0.3 is 10.0 Å². The number of rotatable bonds is 1. The van der Waals surface area contributed by atoms with E-state index in [1.165, 1.54) is 6.08 Å². The molecule has 1 heterocycles. The van der Waals surface area contributed by atoms with E-state index in [4.69, 9.17) is 5.11 Å². The largest absolute Gasteiger partial charge is 0.478 e. The lowest BCUT2D eigenvalue weighted by Gasteiger charge is -2.26. The molecule has 15 heavy (non-hydrogen) atoms. The summed E-state index contributed by atoms with van der Waals surface area (Å²) < 4.78 is 36.0. The Morgan fingerprint density at radius 3 is 2.47 bits per heavy atom. The average molecular weight is 223 g/mol. The summed E-state index contributed by atoms with van der Waals surface area (Å²) >= 11 is 0. The topological polar surface area (TPSA) is 57.6 Å². The number of carboxylic acids is 1. The molecule has 0 saturated carbocycles. The van der Waals surface area contributed by atoms with Crippen molar-refractivity contribution < 1.29 is 27.9 Å². The summed E-state index contributed by atoms with van der Waals surface area (Å²) in [7, 11) is 0. The first kappa shape index (κ1) is 11.5. The number of carbonyl (C=O) groups excluding carboxylic acids is 1.